The lowest BCUT2D eigenvalue weighted by Crippen LogP contribution is -2.54. The number of hydrogen-bond donors (Lipinski definition) is 1. The van der Waals surface area contributed by atoms with Crippen molar-refractivity contribution < 1.29 is 37.7 Å². The van der Waals surface area contributed by atoms with E-state index in [2.05, 4.69) is 0 Å². The molecule has 186 valence electrons. The molecular formula is C24H25F2N3O6. The predicted molar refractivity (Wildman–Crippen MR) is 121 cm³/mol. The summed E-state index contributed by atoms with van der Waals surface area (Å²) >= 11 is 0. The smallest absolute Gasteiger partial charge is 0.410 e. The minimum absolute atomic E-state index is 0.0602. The van der Waals surface area contributed by atoms with Crippen molar-refractivity contribution in [3.8, 4) is 11.5 Å². The van der Waals surface area contributed by atoms with Gasteiger partial charge in [-0.2, -0.15) is 0 Å². The van der Waals surface area contributed by atoms with Crippen LogP contribution >= 0.6 is 0 Å². The van der Waals surface area contributed by atoms with Crippen LogP contribution in [0.4, 0.5) is 24.1 Å². The number of carbonyl (C=O) groups is 3. The van der Waals surface area contributed by atoms with Crippen molar-refractivity contribution in [3.63, 3.8) is 0 Å². The summed E-state index contributed by atoms with van der Waals surface area (Å²) in [6.07, 6.45) is -0.458. The van der Waals surface area contributed by atoms with Gasteiger partial charge in [0.2, 0.25) is 0 Å². The molecule has 0 aliphatic carbocycles. The molecule has 0 aromatic heterocycles. The maximum absolute atomic E-state index is 14.4. The van der Waals surface area contributed by atoms with Crippen molar-refractivity contribution in [3.05, 3.63) is 53.6 Å². The monoisotopic (exact) mass is 489 g/mol. The van der Waals surface area contributed by atoms with Crippen LogP contribution in [-0.4, -0.2) is 70.8 Å². The van der Waals surface area contributed by atoms with E-state index in [9.17, 15) is 23.2 Å². The second-order valence-corrected chi connectivity index (χ2v) is 9.36. The van der Waals surface area contributed by atoms with E-state index in [-0.39, 0.29) is 47.9 Å². The zero-order valence-corrected chi connectivity index (χ0v) is 19.5. The van der Waals surface area contributed by atoms with E-state index in [0.717, 1.165) is 18.2 Å². The first kappa shape index (κ1) is 24.2. The largest absolute Gasteiger partial charge is 0.478 e. The SMILES string of the molecule is CC(C)(C)OC(=O)N1CCN2C(=O)N(c3cc(F)cc(Oc4ccc(C(=O)O)cc4F)c3)C[C@@H]2C1. The molecule has 2 heterocycles. The number of hydrogen-bond acceptors (Lipinski definition) is 5. The summed E-state index contributed by atoms with van der Waals surface area (Å²) in [5.74, 6) is -3.27. The lowest BCUT2D eigenvalue weighted by atomic mass is 10.2. The van der Waals surface area contributed by atoms with Gasteiger partial charge >= 0.3 is 18.1 Å². The number of piperazine rings is 1. The molecule has 2 aromatic carbocycles. The van der Waals surface area contributed by atoms with Crippen molar-refractivity contribution in [2.75, 3.05) is 31.1 Å². The summed E-state index contributed by atoms with van der Waals surface area (Å²) in [6.45, 7) is 6.43. The molecule has 0 saturated carbocycles. The number of urea groups is 1. The molecule has 0 unspecified atom stereocenters. The Bertz CT molecular complexity index is 1180. The third-order valence-corrected chi connectivity index (χ3v) is 5.58. The molecule has 2 fully saturated rings. The van der Waals surface area contributed by atoms with Gasteiger partial charge in [0.15, 0.2) is 11.6 Å². The highest BCUT2D eigenvalue weighted by Gasteiger charge is 2.43. The normalized spacial score (nSPS) is 17.9. The number of amides is 3. The molecule has 4 rings (SSSR count). The second-order valence-electron chi connectivity index (χ2n) is 9.36. The Morgan fingerprint density at radius 1 is 1.06 bits per heavy atom. The minimum atomic E-state index is -1.29. The zero-order chi connectivity index (χ0) is 25.5. The first-order chi connectivity index (χ1) is 16.4. The quantitative estimate of drug-likeness (QED) is 0.687. The second kappa shape index (κ2) is 9.05. The number of halogens is 2. The molecule has 2 aliphatic rings. The van der Waals surface area contributed by atoms with Crippen molar-refractivity contribution in [1.82, 2.24) is 9.80 Å². The molecule has 0 radical (unpaired) electrons. The number of aromatic carboxylic acids is 1. The fourth-order valence-electron chi connectivity index (χ4n) is 4.02. The van der Waals surface area contributed by atoms with Gasteiger partial charge in [0.05, 0.1) is 17.3 Å². The fraction of sp³-hybridized carbons (Fsp3) is 0.375. The number of carboxylic acids is 1. The molecule has 0 bridgehead atoms. The van der Waals surface area contributed by atoms with E-state index in [1.54, 1.807) is 30.6 Å². The van der Waals surface area contributed by atoms with E-state index in [1.165, 1.54) is 23.1 Å². The maximum Gasteiger partial charge on any atom is 0.410 e. The van der Waals surface area contributed by atoms with Crippen LogP contribution < -0.4 is 9.64 Å². The van der Waals surface area contributed by atoms with Crippen LogP contribution in [0.1, 0.15) is 31.1 Å². The topological polar surface area (TPSA) is 99.6 Å². The number of rotatable bonds is 4. The van der Waals surface area contributed by atoms with Crippen LogP contribution in [0.5, 0.6) is 11.5 Å². The van der Waals surface area contributed by atoms with Crippen LogP contribution in [0.3, 0.4) is 0 Å². The molecule has 2 saturated heterocycles. The van der Waals surface area contributed by atoms with Crippen molar-refractivity contribution in [2.24, 2.45) is 0 Å². The molecule has 0 spiro atoms. The predicted octanol–water partition coefficient (Wildman–Crippen LogP) is 4.32. The highest BCUT2D eigenvalue weighted by atomic mass is 19.1. The number of carbonyl (C=O) groups excluding carboxylic acids is 2. The van der Waals surface area contributed by atoms with Crippen LogP contribution in [0.15, 0.2) is 36.4 Å². The lowest BCUT2D eigenvalue weighted by Gasteiger charge is -2.36. The summed E-state index contributed by atoms with van der Waals surface area (Å²) in [7, 11) is 0. The maximum atomic E-state index is 14.4. The summed E-state index contributed by atoms with van der Waals surface area (Å²) in [4.78, 5) is 41.0. The third kappa shape index (κ3) is 5.28. The summed E-state index contributed by atoms with van der Waals surface area (Å²) in [5, 5.41) is 8.97. The molecule has 1 atom stereocenters. The Labute approximate surface area is 200 Å². The van der Waals surface area contributed by atoms with Gasteiger partial charge in [-0.25, -0.2) is 23.2 Å². The Kier molecular flexibility index (Phi) is 6.27. The summed E-state index contributed by atoms with van der Waals surface area (Å²) in [5.41, 5.74) is -0.683. The summed E-state index contributed by atoms with van der Waals surface area (Å²) in [6, 6.07) is 6.05. The highest BCUT2D eigenvalue weighted by molar-refractivity contribution is 5.95. The molecule has 3 amide bonds. The van der Waals surface area contributed by atoms with Gasteiger partial charge in [0.25, 0.3) is 0 Å². The number of benzene rings is 2. The number of ether oxygens (including phenoxy) is 2. The zero-order valence-electron chi connectivity index (χ0n) is 19.5. The Morgan fingerprint density at radius 2 is 1.80 bits per heavy atom. The summed E-state index contributed by atoms with van der Waals surface area (Å²) < 4.78 is 39.5. The van der Waals surface area contributed by atoms with E-state index in [1.807, 2.05) is 0 Å². The lowest BCUT2D eigenvalue weighted by molar-refractivity contribution is 0.0128. The van der Waals surface area contributed by atoms with Crippen LogP contribution in [0, 0.1) is 11.6 Å². The van der Waals surface area contributed by atoms with E-state index in [4.69, 9.17) is 14.6 Å². The number of fused-ring (bicyclic) bond motifs is 1. The van der Waals surface area contributed by atoms with E-state index in [0.29, 0.717) is 13.1 Å². The first-order valence-electron chi connectivity index (χ1n) is 11.0. The van der Waals surface area contributed by atoms with Crippen LogP contribution in [0.25, 0.3) is 0 Å². The van der Waals surface area contributed by atoms with Gasteiger partial charge in [-0.05, 0) is 45.0 Å². The average Bonchev–Trinajstić information content (AvgIpc) is 3.09. The number of carboxylic acid groups (broad SMARTS) is 1. The molecule has 2 aromatic rings. The Hall–Kier alpha value is -3.89. The Morgan fingerprint density at radius 3 is 2.46 bits per heavy atom. The van der Waals surface area contributed by atoms with Crippen LogP contribution in [0.2, 0.25) is 0 Å². The highest BCUT2D eigenvalue weighted by Crippen LogP contribution is 2.33. The molecular weight excluding hydrogens is 464 g/mol. The van der Waals surface area contributed by atoms with E-state index < -0.39 is 29.3 Å². The van der Waals surface area contributed by atoms with Crippen molar-refractivity contribution >= 4 is 23.8 Å². The number of nitrogens with zero attached hydrogens (tertiary/aromatic N) is 3. The molecule has 2 aliphatic heterocycles. The third-order valence-electron chi connectivity index (χ3n) is 5.58. The molecule has 1 N–H and O–H groups in total. The number of anilines is 1. The minimum Gasteiger partial charge on any atom is -0.478 e. The molecule has 11 heteroatoms. The van der Waals surface area contributed by atoms with Crippen LogP contribution in [-0.2, 0) is 4.74 Å². The van der Waals surface area contributed by atoms with Gasteiger partial charge < -0.3 is 24.4 Å². The van der Waals surface area contributed by atoms with Gasteiger partial charge in [-0.1, -0.05) is 0 Å². The molecule has 35 heavy (non-hydrogen) atoms. The van der Waals surface area contributed by atoms with Crippen molar-refractivity contribution in [2.45, 2.75) is 32.4 Å². The van der Waals surface area contributed by atoms with Crippen molar-refractivity contribution in [1.29, 1.82) is 0 Å². The standard InChI is InChI=1S/C24H25F2N3O6/c1-24(2,3)35-23(33)27-6-7-28-17(12-27)13-29(22(28)32)16-9-15(25)10-18(11-16)34-20-5-4-14(21(30)31)8-19(20)26/h4-5,8-11,17H,6-7,12-13H2,1-3H3,(H,30,31)/t17-/m0/s1. The van der Waals surface area contributed by atoms with Gasteiger partial charge in [-0.3, -0.25) is 4.90 Å². The average molecular weight is 489 g/mol. The fourth-order valence-corrected chi connectivity index (χ4v) is 4.02. The van der Waals surface area contributed by atoms with Gasteiger partial charge in [-0.15, -0.1) is 0 Å². The molecule has 9 nitrogen and oxygen atoms in total. The Balaban J connectivity index is 1.51. The van der Waals surface area contributed by atoms with Gasteiger partial charge in [0, 0.05) is 38.3 Å². The first-order valence-corrected chi connectivity index (χ1v) is 11.0. The van der Waals surface area contributed by atoms with E-state index >= 15 is 0 Å². The van der Waals surface area contributed by atoms with Gasteiger partial charge in [0.1, 0.15) is 17.2 Å².